The van der Waals surface area contributed by atoms with E-state index in [1.165, 1.54) is 6.20 Å². The first kappa shape index (κ1) is 9.25. The van der Waals surface area contributed by atoms with Crippen molar-refractivity contribution < 1.29 is 4.79 Å². The Bertz CT molecular complexity index is 471. The van der Waals surface area contributed by atoms with Gasteiger partial charge in [0.25, 0.3) is 5.91 Å². The van der Waals surface area contributed by atoms with Gasteiger partial charge in [-0.3, -0.25) is 9.89 Å². The smallest absolute Gasteiger partial charge is 0.291 e. The monoisotopic (exact) mass is 206 g/mol. The zero-order valence-corrected chi connectivity index (χ0v) is 8.06. The number of carbonyl (C=O) groups excluding carboxylic acids is 1. The van der Waals surface area contributed by atoms with Gasteiger partial charge in [-0.05, 0) is 0 Å². The molecule has 2 heterocycles. The van der Waals surface area contributed by atoms with Crippen molar-refractivity contribution in [1.29, 1.82) is 0 Å². The van der Waals surface area contributed by atoms with E-state index in [0.717, 1.165) is 0 Å². The van der Waals surface area contributed by atoms with Crippen molar-refractivity contribution in [3.05, 3.63) is 24.4 Å². The number of amides is 1. The van der Waals surface area contributed by atoms with E-state index in [1.54, 1.807) is 24.0 Å². The molecule has 0 saturated carbocycles. The van der Waals surface area contributed by atoms with E-state index in [-0.39, 0.29) is 11.7 Å². The number of imidazole rings is 1. The number of rotatable bonds is 2. The number of H-pyrrole nitrogens is 1. The van der Waals surface area contributed by atoms with Gasteiger partial charge in [0.15, 0.2) is 0 Å². The summed E-state index contributed by atoms with van der Waals surface area (Å²) in [5.41, 5.74) is 6.04. The minimum Gasteiger partial charge on any atom is -0.382 e. The summed E-state index contributed by atoms with van der Waals surface area (Å²) in [5, 5.41) is 8.92. The first-order chi connectivity index (χ1) is 7.16. The topological polar surface area (TPSA) is 102 Å². The molecule has 0 radical (unpaired) electrons. The average molecular weight is 206 g/mol. The highest BCUT2D eigenvalue weighted by molar-refractivity contribution is 6.01. The third kappa shape index (κ3) is 1.80. The Balaban J connectivity index is 2.18. The van der Waals surface area contributed by atoms with Gasteiger partial charge in [-0.1, -0.05) is 0 Å². The lowest BCUT2D eigenvalue weighted by molar-refractivity contribution is 0.101. The minimum absolute atomic E-state index is 0.258. The number of nitrogen functional groups attached to an aromatic ring is 1. The van der Waals surface area contributed by atoms with Crippen LogP contribution in [0.25, 0.3) is 0 Å². The first-order valence-electron chi connectivity index (χ1n) is 4.26. The molecule has 2 aromatic heterocycles. The SMILES string of the molecule is Cn1cc(N)nc1C(=O)Nc1cn[nH]c1. The second-order valence-corrected chi connectivity index (χ2v) is 3.04. The summed E-state index contributed by atoms with van der Waals surface area (Å²) in [6.45, 7) is 0. The van der Waals surface area contributed by atoms with Crippen LogP contribution in [0.15, 0.2) is 18.6 Å². The molecule has 0 aromatic carbocycles. The molecule has 1 amide bonds. The summed E-state index contributed by atoms with van der Waals surface area (Å²) in [6.07, 6.45) is 4.65. The summed E-state index contributed by atoms with van der Waals surface area (Å²) in [4.78, 5) is 15.5. The van der Waals surface area contributed by atoms with E-state index in [9.17, 15) is 4.79 Å². The molecule has 0 bridgehead atoms. The van der Waals surface area contributed by atoms with Crippen LogP contribution in [0.5, 0.6) is 0 Å². The molecule has 0 saturated heterocycles. The molecule has 7 nitrogen and oxygen atoms in total. The van der Waals surface area contributed by atoms with Crippen LogP contribution in [0.2, 0.25) is 0 Å². The highest BCUT2D eigenvalue weighted by Crippen LogP contribution is 2.07. The number of nitrogens with two attached hydrogens (primary N) is 1. The van der Waals surface area contributed by atoms with E-state index in [2.05, 4.69) is 20.5 Å². The van der Waals surface area contributed by atoms with Crippen LogP contribution in [-0.2, 0) is 7.05 Å². The van der Waals surface area contributed by atoms with Gasteiger partial charge < -0.3 is 15.6 Å². The molecule has 7 heteroatoms. The van der Waals surface area contributed by atoms with Crippen LogP contribution in [0, 0.1) is 0 Å². The second kappa shape index (κ2) is 3.45. The fourth-order valence-corrected chi connectivity index (χ4v) is 1.21. The van der Waals surface area contributed by atoms with Gasteiger partial charge in [0.1, 0.15) is 5.82 Å². The second-order valence-electron chi connectivity index (χ2n) is 3.04. The maximum atomic E-state index is 11.7. The van der Waals surface area contributed by atoms with Crippen molar-refractivity contribution >= 4 is 17.4 Å². The molecule has 2 rings (SSSR count). The number of aromatic nitrogens is 4. The van der Waals surface area contributed by atoms with Crippen molar-refractivity contribution in [1.82, 2.24) is 19.7 Å². The van der Waals surface area contributed by atoms with E-state index >= 15 is 0 Å². The quantitative estimate of drug-likeness (QED) is 0.642. The van der Waals surface area contributed by atoms with Crippen LogP contribution in [0.4, 0.5) is 11.5 Å². The first-order valence-corrected chi connectivity index (χ1v) is 4.26. The molecule has 0 unspecified atom stereocenters. The maximum Gasteiger partial charge on any atom is 0.291 e. The Morgan fingerprint density at radius 3 is 3.00 bits per heavy atom. The largest absolute Gasteiger partial charge is 0.382 e. The van der Waals surface area contributed by atoms with Crippen LogP contribution in [-0.4, -0.2) is 25.7 Å². The van der Waals surface area contributed by atoms with Crippen LogP contribution in [0.3, 0.4) is 0 Å². The molecular weight excluding hydrogens is 196 g/mol. The fraction of sp³-hybridized carbons (Fsp3) is 0.125. The summed E-state index contributed by atoms with van der Waals surface area (Å²) in [5.74, 6) is 0.249. The van der Waals surface area contributed by atoms with E-state index in [4.69, 9.17) is 5.73 Å². The average Bonchev–Trinajstić information content (AvgIpc) is 2.75. The lowest BCUT2D eigenvalue weighted by atomic mass is 10.5. The van der Waals surface area contributed by atoms with Gasteiger partial charge in [0.2, 0.25) is 5.82 Å². The van der Waals surface area contributed by atoms with Crippen molar-refractivity contribution in [2.24, 2.45) is 7.05 Å². The Labute approximate surface area is 85.3 Å². The number of nitrogens with one attached hydrogen (secondary N) is 2. The van der Waals surface area contributed by atoms with Gasteiger partial charge >= 0.3 is 0 Å². The molecule has 0 fully saturated rings. The van der Waals surface area contributed by atoms with Crippen LogP contribution >= 0.6 is 0 Å². The predicted molar refractivity (Wildman–Crippen MR) is 54.2 cm³/mol. The maximum absolute atomic E-state index is 11.7. The highest BCUT2D eigenvalue weighted by atomic mass is 16.2. The van der Waals surface area contributed by atoms with Crippen molar-refractivity contribution in [2.45, 2.75) is 0 Å². The van der Waals surface area contributed by atoms with Gasteiger partial charge in [0, 0.05) is 19.4 Å². The molecule has 78 valence electrons. The molecular formula is C8H10N6O. The number of hydrogen-bond acceptors (Lipinski definition) is 4. The summed E-state index contributed by atoms with van der Waals surface area (Å²) < 4.78 is 1.56. The third-order valence-corrected chi connectivity index (χ3v) is 1.85. The van der Waals surface area contributed by atoms with E-state index in [0.29, 0.717) is 11.5 Å². The van der Waals surface area contributed by atoms with Crippen molar-refractivity contribution in [2.75, 3.05) is 11.1 Å². The molecule has 2 aromatic rings. The number of hydrogen-bond donors (Lipinski definition) is 3. The van der Waals surface area contributed by atoms with E-state index in [1.807, 2.05) is 0 Å². The molecule has 15 heavy (non-hydrogen) atoms. The van der Waals surface area contributed by atoms with Crippen molar-refractivity contribution in [3.63, 3.8) is 0 Å². The molecule has 4 N–H and O–H groups in total. The number of aromatic amines is 1. The van der Waals surface area contributed by atoms with Crippen molar-refractivity contribution in [3.8, 4) is 0 Å². The summed E-state index contributed by atoms with van der Waals surface area (Å²) >= 11 is 0. The summed E-state index contributed by atoms with van der Waals surface area (Å²) in [7, 11) is 1.70. The molecule has 0 aliphatic carbocycles. The van der Waals surface area contributed by atoms with Gasteiger partial charge in [0.05, 0.1) is 11.9 Å². The number of anilines is 2. The Kier molecular flexibility index (Phi) is 2.13. The van der Waals surface area contributed by atoms with Gasteiger partial charge in [-0.2, -0.15) is 5.10 Å². The molecule has 0 spiro atoms. The van der Waals surface area contributed by atoms with E-state index < -0.39 is 0 Å². The normalized spacial score (nSPS) is 10.2. The van der Waals surface area contributed by atoms with Crippen LogP contribution in [0.1, 0.15) is 10.6 Å². The number of carbonyl (C=O) groups is 1. The van der Waals surface area contributed by atoms with Crippen LogP contribution < -0.4 is 11.1 Å². The fourth-order valence-electron chi connectivity index (χ4n) is 1.21. The third-order valence-electron chi connectivity index (χ3n) is 1.85. The molecule has 0 aliphatic rings. The Hall–Kier alpha value is -2.31. The Morgan fingerprint density at radius 2 is 2.47 bits per heavy atom. The predicted octanol–water partition coefficient (Wildman–Crippen LogP) is -0.0223. The zero-order valence-electron chi connectivity index (χ0n) is 8.06. The molecule has 0 atom stereocenters. The van der Waals surface area contributed by atoms with Gasteiger partial charge in [-0.15, -0.1) is 0 Å². The molecule has 0 aliphatic heterocycles. The zero-order chi connectivity index (χ0) is 10.8. The standard InChI is InChI=1S/C8H10N6O/c1-14-4-6(9)13-7(14)8(15)12-5-2-10-11-3-5/h2-4H,9H2,1H3,(H,10,11)(H,12,15). The Morgan fingerprint density at radius 1 is 1.67 bits per heavy atom. The van der Waals surface area contributed by atoms with Gasteiger partial charge in [-0.25, -0.2) is 4.98 Å². The number of nitrogens with zero attached hydrogens (tertiary/aromatic N) is 3. The summed E-state index contributed by atoms with van der Waals surface area (Å²) in [6, 6.07) is 0. The number of aryl methyl sites for hydroxylation is 1. The highest BCUT2D eigenvalue weighted by Gasteiger charge is 2.13. The lowest BCUT2D eigenvalue weighted by Crippen LogP contribution is -2.16. The lowest BCUT2D eigenvalue weighted by Gasteiger charge is -2.00. The minimum atomic E-state index is -0.324.